The van der Waals surface area contributed by atoms with E-state index in [9.17, 15) is 9.59 Å². The Labute approximate surface area is 100 Å². The average molecular weight is 235 g/mol. The Morgan fingerprint density at radius 1 is 1.29 bits per heavy atom. The van der Waals surface area contributed by atoms with E-state index < -0.39 is 0 Å². The zero-order valence-corrected chi connectivity index (χ0v) is 9.77. The van der Waals surface area contributed by atoms with Crippen molar-refractivity contribution in [2.45, 2.75) is 13.3 Å². The van der Waals surface area contributed by atoms with Gasteiger partial charge in [-0.15, -0.1) is 0 Å². The van der Waals surface area contributed by atoms with Crippen molar-refractivity contribution < 1.29 is 9.59 Å². The van der Waals surface area contributed by atoms with Crippen molar-refractivity contribution in [3.63, 3.8) is 0 Å². The van der Waals surface area contributed by atoms with Crippen molar-refractivity contribution in [1.29, 1.82) is 0 Å². The fraction of sp³-hybridized carbons (Fsp3) is 0.333. The first-order valence-corrected chi connectivity index (χ1v) is 5.41. The van der Waals surface area contributed by atoms with E-state index in [-0.39, 0.29) is 24.2 Å². The van der Waals surface area contributed by atoms with E-state index in [1.807, 2.05) is 0 Å². The molecule has 5 nitrogen and oxygen atoms in total. The van der Waals surface area contributed by atoms with Crippen molar-refractivity contribution in [3.05, 3.63) is 29.8 Å². The average Bonchev–Trinajstić information content (AvgIpc) is 2.30. The first kappa shape index (κ1) is 13.2. The number of carbonyl (C=O) groups is 2. The third-order valence-electron chi connectivity index (χ3n) is 2.40. The monoisotopic (exact) mass is 235 g/mol. The van der Waals surface area contributed by atoms with E-state index in [4.69, 9.17) is 11.5 Å². The van der Waals surface area contributed by atoms with Crippen LogP contribution in [0.2, 0.25) is 0 Å². The molecule has 1 aromatic rings. The van der Waals surface area contributed by atoms with Crippen molar-refractivity contribution in [2.24, 2.45) is 17.4 Å². The van der Waals surface area contributed by atoms with Crippen LogP contribution in [-0.2, 0) is 16.0 Å². The summed E-state index contributed by atoms with van der Waals surface area (Å²) in [6, 6.07) is 6.99. The van der Waals surface area contributed by atoms with E-state index in [0.29, 0.717) is 12.2 Å². The second kappa shape index (κ2) is 6.00. The second-order valence-electron chi connectivity index (χ2n) is 3.97. The molecule has 2 amide bonds. The topological polar surface area (TPSA) is 98.2 Å². The van der Waals surface area contributed by atoms with Crippen LogP contribution in [0, 0.1) is 5.92 Å². The lowest BCUT2D eigenvalue weighted by Gasteiger charge is -2.10. The molecule has 1 aromatic carbocycles. The van der Waals surface area contributed by atoms with Crippen LogP contribution in [-0.4, -0.2) is 18.4 Å². The Hall–Kier alpha value is -1.88. The van der Waals surface area contributed by atoms with Crippen molar-refractivity contribution in [3.8, 4) is 0 Å². The summed E-state index contributed by atoms with van der Waals surface area (Å²) in [7, 11) is 0. The van der Waals surface area contributed by atoms with E-state index >= 15 is 0 Å². The summed E-state index contributed by atoms with van der Waals surface area (Å²) in [5.74, 6) is -0.714. The molecular formula is C12H17N3O2. The minimum atomic E-state index is -0.376. The molecular weight excluding hydrogens is 218 g/mol. The van der Waals surface area contributed by atoms with E-state index in [1.165, 1.54) is 0 Å². The SMILES string of the molecule is CC(CN)C(=O)Nc1ccc(CC(N)=O)cc1. The van der Waals surface area contributed by atoms with Gasteiger partial charge in [0, 0.05) is 18.2 Å². The number of rotatable bonds is 5. The van der Waals surface area contributed by atoms with Crippen LogP contribution in [0.1, 0.15) is 12.5 Å². The molecule has 0 saturated carbocycles. The number of amides is 2. The molecule has 0 aliphatic heterocycles. The molecule has 0 aromatic heterocycles. The van der Waals surface area contributed by atoms with Gasteiger partial charge in [0.25, 0.3) is 0 Å². The van der Waals surface area contributed by atoms with E-state index in [1.54, 1.807) is 31.2 Å². The highest BCUT2D eigenvalue weighted by atomic mass is 16.2. The number of anilines is 1. The summed E-state index contributed by atoms with van der Waals surface area (Å²) < 4.78 is 0. The highest BCUT2D eigenvalue weighted by molar-refractivity contribution is 5.92. The molecule has 1 atom stereocenters. The van der Waals surface area contributed by atoms with Gasteiger partial charge in [0.1, 0.15) is 0 Å². The molecule has 5 N–H and O–H groups in total. The maximum absolute atomic E-state index is 11.5. The number of benzene rings is 1. The highest BCUT2D eigenvalue weighted by Gasteiger charge is 2.10. The quantitative estimate of drug-likeness (QED) is 0.682. The van der Waals surface area contributed by atoms with Crippen LogP contribution in [0.3, 0.4) is 0 Å². The van der Waals surface area contributed by atoms with Crippen LogP contribution in [0.4, 0.5) is 5.69 Å². The molecule has 0 aliphatic carbocycles. The summed E-state index contributed by atoms with van der Waals surface area (Å²) in [5, 5.41) is 2.74. The van der Waals surface area contributed by atoms with Gasteiger partial charge >= 0.3 is 0 Å². The normalized spacial score (nSPS) is 11.9. The number of nitrogens with one attached hydrogen (secondary N) is 1. The Morgan fingerprint density at radius 2 is 1.88 bits per heavy atom. The fourth-order valence-electron chi connectivity index (χ4n) is 1.28. The third kappa shape index (κ3) is 4.24. The first-order chi connectivity index (χ1) is 8.02. The van der Waals surface area contributed by atoms with Crippen LogP contribution >= 0.6 is 0 Å². The lowest BCUT2D eigenvalue weighted by Crippen LogP contribution is -2.26. The number of hydrogen-bond acceptors (Lipinski definition) is 3. The number of nitrogens with two attached hydrogens (primary N) is 2. The third-order valence-corrected chi connectivity index (χ3v) is 2.40. The summed E-state index contributed by atoms with van der Waals surface area (Å²) in [6.07, 6.45) is 0.202. The van der Waals surface area contributed by atoms with Gasteiger partial charge in [-0.25, -0.2) is 0 Å². The van der Waals surface area contributed by atoms with Crippen LogP contribution in [0.25, 0.3) is 0 Å². The minimum absolute atomic E-state index is 0.116. The summed E-state index contributed by atoms with van der Waals surface area (Å²) in [4.78, 5) is 22.2. The van der Waals surface area contributed by atoms with E-state index in [0.717, 1.165) is 5.56 Å². The fourth-order valence-corrected chi connectivity index (χ4v) is 1.28. The number of carbonyl (C=O) groups excluding carboxylic acids is 2. The van der Waals surface area contributed by atoms with Gasteiger partial charge in [-0.1, -0.05) is 19.1 Å². The molecule has 0 radical (unpaired) electrons. The second-order valence-corrected chi connectivity index (χ2v) is 3.97. The Morgan fingerprint density at radius 3 is 2.35 bits per heavy atom. The number of primary amides is 1. The van der Waals surface area contributed by atoms with Crippen LogP contribution < -0.4 is 16.8 Å². The van der Waals surface area contributed by atoms with Crippen LogP contribution in [0.15, 0.2) is 24.3 Å². The van der Waals surface area contributed by atoms with Crippen molar-refractivity contribution in [1.82, 2.24) is 0 Å². The zero-order valence-electron chi connectivity index (χ0n) is 9.77. The molecule has 1 unspecified atom stereocenters. The minimum Gasteiger partial charge on any atom is -0.369 e. The van der Waals surface area contributed by atoms with Gasteiger partial charge in [-0.3, -0.25) is 9.59 Å². The van der Waals surface area contributed by atoms with Gasteiger partial charge in [-0.05, 0) is 17.7 Å². The molecule has 0 aliphatic rings. The maximum atomic E-state index is 11.5. The van der Waals surface area contributed by atoms with Gasteiger partial charge in [0.2, 0.25) is 11.8 Å². The van der Waals surface area contributed by atoms with Gasteiger partial charge in [0.05, 0.1) is 6.42 Å². The number of hydrogen-bond donors (Lipinski definition) is 3. The molecule has 0 spiro atoms. The lowest BCUT2D eigenvalue weighted by atomic mass is 10.1. The molecule has 92 valence electrons. The van der Waals surface area contributed by atoms with Gasteiger partial charge < -0.3 is 16.8 Å². The zero-order chi connectivity index (χ0) is 12.8. The highest BCUT2D eigenvalue weighted by Crippen LogP contribution is 2.11. The predicted molar refractivity (Wildman–Crippen MR) is 66.2 cm³/mol. The summed E-state index contributed by atoms with van der Waals surface area (Å²) in [5.41, 5.74) is 12.0. The van der Waals surface area contributed by atoms with Crippen molar-refractivity contribution >= 4 is 17.5 Å². The summed E-state index contributed by atoms with van der Waals surface area (Å²) in [6.45, 7) is 2.07. The molecule has 5 heteroatoms. The molecule has 1 rings (SSSR count). The molecule has 0 heterocycles. The Bertz CT molecular complexity index is 401. The largest absolute Gasteiger partial charge is 0.369 e. The lowest BCUT2D eigenvalue weighted by molar-refractivity contribution is -0.119. The Balaban J connectivity index is 2.62. The van der Waals surface area contributed by atoms with Crippen molar-refractivity contribution in [2.75, 3.05) is 11.9 Å². The molecule has 0 bridgehead atoms. The van der Waals surface area contributed by atoms with Gasteiger partial charge in [-0.2, -0.15) is 0 Å². The van der Waals surface area contributed by atoms with Crippen LogP contribution in [0.5, 0.6) is 0 Å². The van der Waals surface area contributed by atoms with Gasteiger partial charge in [0.15, 0.2) is 0 Å². The first-order valence-electron chi connectivity index (χ1n) is 5.41. The van der Waals surface area contributed by atoms with E-state index in [2.05, 4.69) is 5.32 Å². The predicted octanol–water partition coefficient (Wildman–Crippen LogP) is 0.248. The molecule has 0 saturated heterocycles. The molecule has 0 fully saturated rings. The smallest absolute Gasteiger partial charge is 0.228 e. The standard InChI is InChI=1S/C12H17N3O2/c1-8(7-13)12(17)15-10-4-2-9(3-5-10)6-11(14)16/h2-5,8H,6-7,13H2,1H3,(H2,14,16)(H,15,17). The maximum Gasteiger partial charge on any atom is 0.228 e. The Kier molecular flexibility index (Phi) is 4.66. The molecule has 17 heavy (non-hydrogen) atoms. The summed E-state index contributed by atoms with van der Waals surface area (Å²) >= 11 is 0.